The summed E-state index contributed by atoms with van der Waals surface area (Å²) in [6.07, 6.45) is 30.6. The maximum absolute atomic E-state index is 11.5. The molecule has 37 heteroatoms. The molecule has 4 aliphatic rings. The van der Waals surface area contributed by atoms with Crippen molar-refractivity contribution in [3.8, 4) is 0 Å². The maximum Gasteiger partial charge on any atom is 0.219 e. The van der Waals surface area contributed by atoms with Crippen LogP contribution >= 0.6 is 63.7 Å². The highest BCUT2D eigenvalue weighted by molar-refractivity contribution is 9.11. The van der Waals surface area contributed by atoms with Crippen LogP contribution in [0.3, 0.4) is 0 Å². The van der Waals surface area contributed by atoms with E-state index in [0.29, 0.717) is 49.6 Å². The van der Waals surface area contributed by atoms with E-state index < -0.39 is 0 Å². The summed E-state index contributed by atoms with van der Waals surface area (Å²) in [6, 6.07) is 22.6. The van der Waals surface area contributed by atoms with Crippen LogP contribution in [0.1, 0.15) is 92.9 Å². The molecule has 13 aromatic rings. The standard InChI is InChI=1S/C22H26BrN7O.C18H23BrN8O.C18H22BrN7O2.C18H22BrN7/c1-29-13-25-18-8-14(6-7-19(18)29)10-24-21-9-20(28-22-16(23)11-26-30(21)22)27-17-5-3-2-4-15(17)12-31;19-14-11-24-27-15(21-8-12-9-22-18(20)23-10-12)7-16(25-17(14)27)26-5-2-1-3-13(26)4-6-28;19-14-9-22-26-17(21-7-12-2-1-5-25(28)10-12)6-16(24-18(14)26)23-15-3-4-20-8-13(15)11-27;19-15-12-23-26-16(22-11-14-2-1-5-21-10-14)8-17(24-18(15)26)25-6-3-13(9-20)4-7-25/h6-9,11,13,15,17,24,31H,2-5,10,12H2,1H3,(H,27,28);7,9-11,13,21,28H,1-6,8H2,(H2,20,22,23);1-2,5-6,9-10,13,15,20-21,27H,3-4,7-8,11H2,(H,23,24);1-2,5,8,10,12-13,22H,3-4,6-7,9,11,20H2/t15-,17-;13-;13-,15-;/m001./s1. The van der Waals surface area contributed by atoms with Crippen LogP contribution in [-0.4, -0.2) is 175 Å². The van der Waals surface area contributed by atoms with Gasteiger partial charge in [0, 0.05) is 175 Å². The van der Waals surface area contributed by atoms with Gasteiger partial charge in [-0.3, -0.25) is 4.98 Å². The van der Waals surface area contributed by atoms with Crippen molar-refractivity contribution in [2.75, 3.05) is 107 Å². The molecule has 5 atom stereocenters. The van der Waals surface area contributed by atoms with E-state index in [4.69, 9.17) is 26.4 Å². The second-order valence-electron chi connectivity index (χ2n) is 28.6. The normalized spacial score (nSPS) is 18.0. The Kier molecular flexibility index (Phi) is 26.8. The number of aliphatic hydroxyl groups is 3. The Morgan fingerprint density at radius 2 is 1.12 bits per heavy atom. The van der Waals surface area contributed by atoms with Crippen LogP contribution in [0.4, 0.5) is 52.5 Å². The zero-order valence-corrected chi connectivity index (χ0v) is 68.8. The number of aromatic nitrogens is 18. The number of imidazole rings is 1. The van der Waals surface area contributed by atoms with Gasteiger partial charge in [0.25, 0.3) is 0 Å². The maximum atomic E-state index is 11.5. The lowest BCUT2D eigenvalue weighted by Crippen LogP contribution is -2.45. The molecule has 3 aliphatic heterocycles. The molecule has 1 aliphatic carbocycles. The van der Waals surface area contributed by atoms with E-state index in [-0.39, 0.29) is 49.7 Å². The number of aryl methyl sites for hydroxylation is 1. The van der Waals surface area contributed by atoms with Crippen molar-refractivity contribution in [1.82, 2.24) is 88.2 Å². The molecule has 1 saturated carbocycles. The van der Waals surface area contributed by atoms with Gasteiger partial charge in [0.2, 0.25) is 5.95 Å². The minimum absolute atomic E-state index is 0.123. The van der Waals surface area contributed by atoms with E-state index in [2.05, 4.69) is 186 Å². The van der Waals surface area contributed by atoms with E-state index in [1.165, 1.54) is 31.7 Å². The molecule has 0 radical (unpaired) electrons. The van der Waals surface area contributed by atoms with Gasteiger partial charge in [-0.2, -0.15) is 43.2 Å². The zero-order chi connectivity index (χ0) is 78.3. The van der Waals surface area contributed by atoms with Gasteiger partial charge in [-0.15, -0.1) is 0 Å². The average Bonchev–Trinajstić information content (AvgIpc) is 1.71. The average molecular weight is 1800 g/mol. The van der Waals surface area contributed by atoms with E-state index in [9.17, 15) is 20.5 Å². The summed E-state index contributed by atoms with van der Waals surface area (Å²) in [5.41, 5.74) is 20.5. The number of anilines is 9. The number of pyridine rings is 2. The first kappa shape index (κ1) is 79.9. The minimum Gasteiger partial charge on any atom is -0.619 e. The fourth-order valence-electron chi connectivity index (χ4n) is 14.8. The number of fused-ring (bicyclic) bond motifs is 5. The van der Waals surface area contributed by atoms with Gasteiger partial charge >= 0.3 is 0 Å². The summed E-state index contributed by atoms with van der Waals surface area (Å²) in [5, 5.41) is 82.1. The van der Waals surface area contributed by atoms with Crippen LogP contribution in [0, 0.1) is 23.0 Å². The number of halogens is 4. The first-order chi connectivity index (χ1) is 55.1. The Labute approximate surface area is 685 Å². The van der Waals surface area contributed by atoms with Crippen LogP contribution in [0.15, 0.2) is 153 Å². The van der Waals surface area contributed by atoms with E-state index >= 15 is 0 Å². The molecule has 3 saturated heterocycles. The molecule has 0 bridgehead atoms. The lowest BCUT2D eigenvalue weighted by Gasteiger charge is -2.36. The van der Waals surface area contributed by atoms with Crippen molar-refractivity contribution < 1.29 is 20.0 Å². The third-order valence-corrected chi connectivity index (χ3v) is 23.2. The summed E-state index contributed by atoms with van der Waals surface area (Å²) in [5.74, 6) is 8.02. The summed E-state index contributed by atoms with van der Waals surface area (Å²) in [6.45, 7) is 8.21. The van der Waals surface area contributed by atoms with Crippen molar-refractivity contribution in [3.63, 3.8) is 0 Å². The molecule has 113 heavy (non-hydrogen) atoms. The second-order valence-corrected chi connectivity index (χ2v) is 32.0. The highest BCUT2D eigenvalue weighted by Gasteiger charge is 2.29. The fourth-order valence-corrected chi connectivity index (χ4v) is 16.1. The molecule has 14 N–H and O–H groups in total. The van der Waals surface area contributed by atoms with Gasteiger partial charge in [0.15, 0.2) is 35.0 Å². The van der Waals surface area contributed by atoms with E-state index in [1.807, 2.05) is 59.0 Å². The largest absolute Gasteiger partial charge is 0.619 e. The van der Waals surface area contributed by atoms with Crippen LogP contribution in [0.25, 0.3) is 33.6 Å². The first-order valence-corrected chi connectivity index (χ1v) is 41.3. The molecule has 15 heterocycles. The Balaban J connectivity index is 0.000000125. The number of rotatable bonds is 23. The zero-order valence-electron chi connectivity index (χ0n) is 62.5. The number of aliphatic hydroxyl groups excluding tert-OH is 3. The molecule has 1 aromatic carbocycles. The van der Waals surface area contributed by atoms with E-state index in [1.54, 1.807) is 63.0 Å². The lowest BCUT2D eigenvalue weighted by molar-refractivity contribution is -0.605. The molecular formula is C76H93Br4N29O4. The van der Waals surface area contributed by atoms with Gasteiger partial charge < -0.3 is 83.6 Å². The Hall–Kier alpha value is -9.73. The minimum atomic E-state index is 0.123. The highest BCUT2D eigenvalue weighted by Crippen LogP contribution is 2.34. The molecule has 0 unspecified atom stereocenters. The monoisotopic (exact) mass is 1790 g/mol. The number of piperidine rings is 3. The number of nitrogens with two attached hydrogens (primary N) is 2. The van der Waals surface area contributed by atoms with Crippen LogP contribution in [-0.2, 0) is 33.2 Å². The SMILES string of the molecule is Cn1cnc2cc(CNc3cc(N[C@H]4CCCC[C@H]4CO)nc4c(Br)cnn34)ccc21.NCC1CCN(c2cc(NCc3cccnc3)n3ncc(Br)c3n2)CC1.Nc1ncc(CNc2cc(N3CCCC[C@H]3CCO)nc3c(Br)cnn23)cn1.[O-][n+]1cccc(CNc2cc(N[C@@H]3CCNC[C@@H]3CO)nc3c(Br)cnn23)c1. The van der Waals surface area contributed by atoms with Gasteiger partial charge in [0.1, 0.15) is 46.5 Å². The molecule has 0 spiro atoms. The summed E-state index contributed by atoms with van der Waals surface area (Å²) < 4.78 is 13.3. The molecular weight excluding hydrogens is 1700 g/mol. The quantitative estimate of drug-likeness (QED) is 0.0209. The van der Waals surface area contributed by atoms with Crippen LogP contribution < -0.4 is 63.2 Å². The van der Waals surface area contributed by atoms with Crippen molar-refractivity contribution in [1.29, 1.82) is 0 Å². The number of nitrogens with zero attached hydrogens (tertiary/aromatic N) is 20. The van der Waals surface area contributed by atoms with Crippen molar-refractivity contribution in [2.45, 2.75) is 115 Å². The Morgan fingerprint density at radius 3 is 1.73 bits per heavy atom. The van der Waals surface area contributed by atoms with Gasteiger partial charge in [0.05, 0.1) is 60.0 Å². The molecule has 12 aromatic heterocycles. The Morgan fingerprint density at radius 1 is 0.566 bits per heavy atom. The molecule has 4 fully saturated rings. The first-order valence-electron chi connectivity index (χ1n) is 38.1. The number of hydrogen-bond acceptors (Lipinski definition) is 27. The predicted molar refractivity (Wildman–Crippen MR) is 451 cm³/mol. The molecule has 17 rings (SSSR count). The highest BCUT2D eigenvalue weighted by atomic mass is 79.9. The third-order valence-electron chi connectivity index (χ3n) is 21.0. The molecule has 0 amide bonds. The lowest BCUT2D eigenvalue weighted by atomic mass is 9.85. The smallest absolute Gasteiger partial charge is 0.219 e. The van der Waals surface area contributed by atoms with Gasteiger partial charge in [-0.05, 0) is 176 Å². The third kappa shape index (κ3) is 19.7. The number of nitrogen functional groups attached to an aromatic ring is 1. The second kappa shape index (κ2) is 37.9. The number of hydrogen-bond donors (Lipinski definition) is 12. The van der Waals surface area contributed by atoms with Crippen molar-refractivity contribution >= 4 is 150 Å². The fraction of sp³-hybridized carbons (Fsp3) is 0.408. The topological polar surface area (TPSA) is 408 Å². The predicted octanol–water partition coefficient (Wildman–Crippen LogP) is 9.96. The molecule has 594 valence electrons. The van der Waals surface area contributed by atoms with E-state index in [0.717, 1.165) is 204 Å². The van der Waals surface area contributed by atoms with Crippen molar-refractivity contribution in [3.05, 3.63) is 180 Å². The van der Waals surface area contributed by atoms with Crippen molar-refractivity contribution in [2.24, 2.45) is 30.5 Å². The van der Waals surface area contributed by atoms with Gasteiger partial charge in [-0.25, -0.2) is 34.9 Å². The molecule has 33 nitrogen and oxygen atoms in total. The Bertz CT molecular complexity index is 5290. The van der Waals surface area contributed by atoms with Crippen LogP contribution in [0.5, 0.6) is 0 Å². The van der Waals surface area contributed by atoms with Crippen LogP contribution in [0.2, 0.25) is 0 Å². The summed E-state index contributed by atoms with van der Waals surface area (Å²) >= 11 is 14.2. The number of nitrogens with one attached hydrogen (secondary N) is 7. The number of benzene rings is 1. The summed E-state index contributed by atoms with van der Waals surface area (Å²) in [7, 11) is 2.00. The summed E-state index contributed by atoms with van der Waals surface area (Å²) in [4.78, 5) is 40.4. The van der Waals surface area contributed by atoms with Gasteiger partial charge in [-0.1, -0.05) is 25.0 Å².